The minimum atomic E-state index is -4.83. The molecule has 0 radical (unpaired) electrons. The van der Waals surface area contributed by atoms with Crippen LogP contribution in [0, 0.1) is 0 Å². The van der Waals surface area contributed by atoms with E-state index in [1.54, 1.807) is 0 Å². The molecule has 27 heavy (non-hydrogen) atoms. The molecule has 2 aromatic carbocycles. The van der Waals surface area contributed by atoms with Gasteiger partial charge in [-0.25, -0.2) is 0 Å². The van der Waals surface area contributed by atoms with E-state index in [0.29, 0.717) is 6.42 Å². The Kier molecular flexibility index (Phi) is 7.22. The molecule has 0 fully saturated rings. The molecule has 2 rings (SSSR count). The highest BCUT2D eigenvalue weighted by Gasteiger charge is 2.31. The third kappa shape index (κ3) is 7.81. The summed E-state index contributed by atoms with van der Waals surface area (Å²) < 4.78 is 45.8. The Morgan fingerprint density at radius 1 is 0.963 bits per heavy atom. The van der Waals surface area contributed by atoms with Gasteiger partial charge in [0.1, 0.15) is 5.75 Å². The van der Waals surface area contributed by atoms with Crippen molar-refractivity contribution in [1.29, 1.82) is 0 Å². The molecule has 1 amide bonds. The second-order valence-electron chi connectivity index (χ2n) is 5.58. The number of hydrogen-bond acceptors (Lipinski definition) is 4. The van der Waals surface area contributed by atoms with Gasteiger partial charge in [-0.2, -0.15) is 0 Å². The van der Waals surface area contributed by atoms with Crippen molar-refractivity contribution in [2.45, 2.75) is 25.7 Å². The number of aryl methyl sites for hydroxylation is 1. The lowest BCUT2D eigenvalue weighted by atomic mass is 10.1. The molecule has 144 valence electrons. The van der Waals surface area contributed by atoms with E-state index in [1.165, 1.54) is 18.2 Å². The summed E-state index contributed by atoms with van der Waals surface area (Å²) in [6, 6.07) is 14.8. The summed E-state index contributed by atoms with van der Waals surface area (Å²) in [5.41, 5.74) is 1.12. The lowest BCUT2D eigenvalue weighted by Crippen LogP contribution is -2.29. The van der Waals surface area contributed by atoms with E-state index in [4.69, 9.17) is 4.74 Å². The average Bonchev–Trinajstić information content (AvgIpc) is 2.63. The van der Waals surface area contributed by atoms with Crippen molar-refractivity contribution in [2.24, 2.45) is 0 Å². The fourth-order valence-corrected chi connectivity index (χ4v) is 2.23. The molecule has 0 atom stereocenters. The van der Waals surface area contributed by atoms with E-state index >= 15 is 0 Å². The second-order valence-corrected chi connectivity index (χ2v) is 5.58. The molecule has 0 aliphatic rings. The normalized spacial score (nSPS) is 10.9. The highest BCUT2D eigenvalue weighted by Crippen LogP contribution is 2.26. The Labute approximate surface area is 154 Å². The van der Waals surface area contributed by atoms with Crippen LogP contribution < -0.4 is 10.1 Å². The SMILES string of the molecule is O=C(COC(=O)CCc1ccccc1)NCc1ccccc1OC(F)(F)F. The van der Waals surface area contributed by atoms with Crippen molar-refractivity contribution >= 4 is 11.9 Å². The molecule has 0 aliphatic carbocycles. The first-order chi connectivity index (χ1) is 12.8. The van der Waals surface area contributed by atoms with E-state index in [9.17, 15) is 22.8 Å². The number of carbonyl (C=O) groups is 2. The average molecular weight is 381 g/mol. The highest BCUT2D eigenvalue weighted by atomic mass is 19.4. The van der Waals surface area contributed by atoms with Crippen LogP contribution >= 0.6 is 0 Å². The molecule has 0 heterocycles. The van der Waals surface area contributed by atoms with Gasteiger partial charge in [0.05, 0.1) is 0 Å². The molecular formula is C19H18F3NO4. The van der Waals surface area contributed by atoms with Crippen LogP contribution in [-0.4, -0.2) is 24.8 Å². The molecular weight excluding hydrogens is 363 g/mol. The fourth-order valence-electron chi connectivity index (χ4n) is 2.23. The molecule has 0 saturated carbocycles. The van der Waals surface area contributed by atoms with Gasteiger partial charge in [0.25, 0.3) is 5.91 Å². The van der Waals surface area contributed by atoms with Crippen molar-refractivity contribution < 1.29 is 32.2 Å². The van der Waals surface area contributed by atoms with Crippen molar-refractivity contribution in [1.82, 2.24) is 5.32 Å². The molecule has 2 aromatic rings. The molecule has 0 unspecified atom stereocenters. The Morgan fingerprint density at radius 2 is 1.63 bits per heavy atom. The van der Waals surface area contributed by atoms with Gasteiger partial charge in [0.15, 0.2) is 6.61 Å². The number of alkyl halides is 3. The van der Waals surface area contributed by atoms with Gasteiger partial charge < -0.3 is 14.8 Å². The summed E-state index contributed by atoms with van der Waals surface area (Å²) >= 11 is 0. The van der Waals surface area contributed by atoms with Crippen LogP contribution in [0.5, 0.6) is 5.75 Å². The number of esters is 1. The minimum Gasteiger partial charge on any atom is -0.456 e. The molecule has 1 N–H and O–H groups in total. The molecule has 0 bridgehead atoms. The lowest BCUT2D eigenvalue weighted by molar-refractivity contribution is -0.274. The zero-order valence-electron chi connectivity index (χ0n) is 14.3. The predicted octanol–water partition coefficient (Wildman–Crippen LogP) is 3.38. The maximum atomic E-state index is 12.4. The monoisotopic (exact) mass is 381 g/mol. The molecule has 5 nitrogen and oxygen atoms in total. The maximum Gasteiger partial charge on any atom is 0.573 e. The summed E-state index contributed by atoms with van der Waals surface area (Å²) in [6.07, 6.45) is -4.21. The minimum absolute atomic E-state index is 0.125. The summed E-state index contributed by atoms with van der Waals surface area (Å²) in [7, 11) is 0. The Bertz CT molecular complexity index is 763. The number of halogens is 3. The van der Waals surface area contributed by atoms with Crippen LogP contribution in [0.25, 0.3) is 0 Å². The third-order valence-corrected chi connectivity index (χ3v) is 3.50. The van der Waals surface area contributed by atoms with Gasteiger partial charge in [0.2, 0.25) is 0 Å². The Morgan fingerprint density at radius 3 is 2.33 bits per heavy atom. The van der Waals surface area contributed by atoms with E-state index in [2.05, 4.69) is 10.1 Å². The number of benzene rings is 2. The van der Waals surface area contributed by atoms with Crippen LogP contribution in [0.3, 0.4) is 0 Å². The number of hydrogen-bond donors (Lipinski definition) is 1. The molecule has 0 spiro atoms. The summed E-state index contributed by atoms with van der Waals surface area (Å²) in [5.74, 6) is -1.55. The Balaban J connectivity index is 1.74. The number of carbonyl (C=O) groups excluding carboxylic acids is 2. The Hall–Kier alpha value is -3.03. The summed E-state index contributed by atoms with van der Waals surface area (Å²) in [4.78, 5) is 23.4. The van der Waals surface area contributed by atoms with Gasteiger partial charge in [-0.1, -0.05) is 48.5 Å². The van der Waals surface area contributed by atoms with Crippen molar-refractivity contribution in [3.8, 4) is 5.75 Å². The van der Waals surface area contributed by atoms with Gasteiger partial charge in [-0.3, -0.25) is 9.59 Å². The second kappa shape index (κ2) is 9.61. The summed E-state index contributed by atoms with van der Waals surface area (Å²) in [5, 5.41) is 2.39. The van der Waals surface area contributed by atoms with Gasteiger partial charge in [-0.15, -0.1) is 13.2 Å². The van der Waals surface area contributed by atoms with Crippen molar-refractivity contribution in [3.63, 3.8) is 0 Å². The molecule has 8 heteroatoms. The number of rotatable bonds is 8. The molecule has 0 saturated heterocycles. The zero-order valence-corrected chi connectivity index (χ0v) is 14.3. The van der Waals surface area contributed by atoms with Crippen molar-refractivity contribution in [2.75, 3.05) is 6.61 Å². The number of para-hydroxylation sites is 1. The molecule has 0 aromatic heterocycles. The quantitative estimate of drug-likeness (QED) is 0.712. The number of nitrogens with one attached hydrogen (secondary N) is 1. The third-order valence-electron chi connectivity index (χ3n) is 3.50. The van der Waals surface area contributed by atoms with E-state index in [1.807, 2.05) is 30.3 Å². The molecule has 0 aliphatic heterocycles. The van der Waals surface area contributed by atoms with E-state index in [-0.39, 0.29) is 18.5 Å². The predicted molar refractivity (Wildman–Crippen MR) is 90.7 cm³/mol. The largest absolute Gasteiger partial charge is 0.573 e. The van der Waals surface area contributed by atoms with Gasteiger partial charge in [0, 0.05) is 18.5 Å². The van der Waals surface area contributed by atoms with Crippen LogP contribution in [0.1, 0.15) is 17.5 Å². The first kappa shape index (κ1) is 20.3. The maximum absolute atomic E-state index is 12.4. The lowest BCUT2D eigenvalue weighted by Gasteiger charge is -2.13. The highest BCUT2D eigenvalue weighted by molar-refractivity contribution is 5.80. The number of amides is 1. The first-order valence-electron chi connectivity index (χ1n) is 8.13. The van der Waals surface area contributed by atoms with E-state index in [0.717, 1.165) is 11.6 Å². The summed E-state index contributed by atoms with van der Waals surface area (Å²) in [6.45, 7) is -0.692. The first-order valence-corrected chi connectivity index (χ1v) is 8.13. The topological polar surface area (TPSA) is 64.6 Å². The smallest absolute Gasteiger partial charge is 0.456 e. The van der Waals surface area contributed by atoms with Crippen LogP contribution in [-0.2, 0) is 27.3 Å². The van der Waals surface area contributed by atoms with Crippen molar-refractivity contribution in [3.05, 3.63) is 65.7 Å². The number of ether oxygens (including phenoxy) is 2. The van der Waals surface area contributed by atoms with Crippen LogP contribution in [0.2, 0.25) is 0 Å². The van der Waals surface area contributed by atoms with Crippen LogP contribution in [0.15, 0.2) is 54.6 Å². The van der Waals surface area contributed by atoms with Gasteiger partial charge >= 0.3 is 12.3 Å². The van der Waals surface area contributed by atoms with Crippen LogP contribution in [0.4, 0.5) is 13.2 Å². The van der Waals surface area contributed by atoms with E-state index < -0.39 is 30.6 Å². The van der Waals surface area contributed by atoms with Gasteiger partial charge in [-0.05, 0) is 18.1 Å². The fraction of sp³-hybridized carbons (Fsp3) is 0.263. The standard InChI is InChI=1S/C19H18F3NO4/c20-19(21,22)27-16-9-5-4-8-15(16)12-23-17(24)13-26-18(25)11-10-14-6-2-1-3-7-14/h1-9H,10-13H2,(H,23,24). The zero-order chi connectivity index (χ0) is 19.7.